The number of carbonyl (C=O) groups excluding carboxylic acids is 1. The van der Waals surface area contributed by atoms with E-state index in [-0.39, 0.29) is 6.61 Å². The van der Waals surface area contributed by atoms with Crippen LogP contribution in [0.5, 0.6) is 0 Å². The van der Waals surface area contributed by atoms with Crippen molar-refractivity contribution < 1.29 is 14.6 Å². The standard InChI is InChI=1S/C20H23NO3/c1-2-9-19(22)18(14-16-10-5-3-6-11-16)21-20(23)24-15-17-12-7-4-8-13-17/h2-8,10-13,18-19,22H,1,9,14-15H2,(H,21,23)/t18-,19+/m0/s1. The summed E-state index contributed by atoms with van der Waals surface area (Å²) in [7, 11) is 0. The van der Waals surface area contributed by atoms with Gasteiger partial charge in [0.05, 0.1) is 12.1 Å². The highest BCUT2D eigenvalue weighted by molar-refractivity contribution is 5.67. The fraction of sp³-hybridized carbons (Fsp3) is 0.250. The molecule has 2 aromatic carbocycles. The van der Waals surface area contributed by atoms with Gasteiger partial charge in [0.2, 0.25) is 0 Å². The Morgan fingerprint density at radius 3 is 2.25 bits per heavy atom. The maximum atomic E-state index is 12.1. The van der Waals surface area contributed by atoms with Crippen LogP contribution in [0, 0.1) is 0 Å². The summed E-state index contributed by atoms with van der Waals surface area (Å²) in [6.45, 7) is 3.84. The molecule has 0 unspecified atom stereocenters. The molecule has 2 rings (SSSR count). The summed E-state index contributed by atoms with van der Waals surface area (Å²) in [5, 5.41) is 13.0. The third kappa shape index (κ3) is 5.89. The summed E-state index contributed by atoms with van der Waals surface area (Å²) in [6, 6.07) is 18.8. The number of amides is 1. The number of alkyl carbamates (subject to hydrolysis) is 1. The molecule has 0 radical (unpaired) electrons. The number of aliphatic hydroxyl groups excluding tert-OH is 1. The van der Waals surface area contributed by atoms with Gasteiger partial charge in [-0.3, -0.25) is 0 Å². The van der Waals surface area contributed by atoms with E-state index in [1.807, 2.05) is 60.7 Å². The second-order valence-electron chi connectivity index (χ2n) is 5.59. The van der Waals surface area contributed by atoms with Crippen molar-refractivity contribution >= 4 is 6.09 Å². The van der Waals surface area contributed by atoms with Crippen molar-refractivity contribution in [2.75, 3.05) is 0 Å². The van der Waals surface area contributed by atoms with Crippen LogP contribution >= 0.6 is 0 Å². The highest BCUT2D eigenvalue weighted by atomic mass is 16.5. The van der Waals surface area contributed by atoms with Crippen LogP contribution in [0.4, 0.5) is 4.79 Å². The van der Waals surface area contributed by atoms with E-state index in [1.165, 1.54) is 0 Å². The second-order valence-corrected chi connectivity index (χ2v) is 5.59. The predicted molar refractivity (Wildman–Crippen MR) is 94.5 cm³/mol. The van der Waals surface area contributed by atoms with Gasteiger partial charge in [-0.2, -0.15) is 0 Å². The molecule has 0 saturated carbocycles. The van der Waals surface area contributed by atoms with Crippen LogP contribution in [-0.4, -0.2) is 23.3 Å². The van der Waals surface area contributed by atoms with Gasteiger partial charge in [0.15, 0.2) is 0 Å². The Balaban J connectivity index is 1.93. The van der Waals surface area contributed by atoms with Gasteiger partial charge in [0.25, 0.3) is 0 Å². The summed E-state index contributed by atoms with van der Waals surface area (Å²) in [5.41, 5.74) is 1.95. The summed E-state index contributed by atoms with van der Waals surface area (Å²) in [6.07, 6.45) is 1.31. The molecular weight excluding hydrogens is 302 g/mol. The number of carbonyl (C=O) groups is 1. The Labute approximate surface area is 142 Å². The molecule has 0 aliphatic carbocycles. The van der Waals surface area contributed by atoms with Gasteiger partial charge in [-0.25, -0.2) is 4.79 Å². The Hall–Kier alpha value is -2.59. The summed E-state index contributed by atoms with van der Waals surface area (Å²) < 4.78 is 5.24. The highest BCUT2D eigenvalue weighted by Gasteiger charge is 2.21. The number of hydrogen-bond acceptors (Lipinski definition) is 3. The van der Waals surface area contributed by atoms with Crippen LogP contribution in [-0.2, 0) is 17.8 Å². The van der Waals surface area contributed by atoms with E-state index in [9.17, 15) is 9.90 Å². The lowest BCUT2D eigenvalue weighted by molar-refractivity contribution is 0.103. The number of aliphatic hydroxyl groups is 1. The van der Waals surface area contributed by atoms with Crippen molar-refractivity contribution in [1.82, 2.24) is 5.32 Å². The lowest BCUT2D eigenvalue weighted by atomic mass is 9.99. The van der Waals surface area contributed by atoms with Crippen LogP contribution in [0.3, 0.4) is 0 Å². The average molecular weight is 325 g/mol. The molecule has 4 heteroatoms. The zero-order valence-corrected chi connectivity index (χ0v) is 13.6. The zero-order chi connectivity index (χ0) is 17.2. The van der Waals surface area contributed by atoms with Gasteiger partial charge >= 0.3 is 6.09 Å². The number of rotatable bonds is 8. The largest absolute Gasteiger partial charge is 0.445 e. The van der Waals surface area contributed by atoms with E-state index in [0.717, 1.165) is 11.1 Å². The quantitative estimate of drug-likeness (QED) is 0.731. The van der Waals surface area contributed by atoms with Crippen molar-refractivity contribution in [3.63, 3.8) is 0 Å². The van der Waals surface area contributed by atoms with Gasteiger partial charge in [-0.15, -0.1) is 6.58 Å². The minimum absolute atomic E-state index is 0.197. The molecule has 2 atom stereocenters. The van der Waals surface area contributed by atoms with Crippen molar-refractivity contribution in [3.05, 3.63) is 84.4 Å². The summed E-state index contributed by atoms with van der Waals surface area (Å²) >= 11 is 0. The molecule has 24 heavy (non-hydrogen) atoms. The molecule has 2 N–H and O–H groups in total. The molecule has 0 aliphatic rings. The van der Waals surface area contributed by atoms with Gasteiger partial charge in [-0.1, -0.05) is 66.7 Å². The first-order valence-electron chi connectivity index (χ1n) is 7.99. The third-order valence-electron chi connectivity index (χ3n) is 3.69. The van der Waals surface area contributed by atoms with Crippen LogP contribution < -0.4 is 5.32 Å². The minimum Gasteiger partial charge on any atom is -0.445 e. The molecular formula is C20H23NO3. The monoisotopic (exact) mass is 325 g/mol. The van der Waals surface area contributed by atoms with Crippen molar-refractivity contribution in [2.24, 2.45) is 0 Å². The molecule has 0 saturated heterocycles. The van der Waals surface area contributed by atoms with Gasteiger partial charge in [0, 0.05) is 0 Å². The number of nitrogens with one attached hydrogen (secondary N) is 1. The molecule has 126 valence electrons. The Morgan fingerprint density at radius 1 is 1.08 bits per heavy atom. The van der Waals surface area contributed by atoms with E-state index in [0.29, 0.717) is 12.8 Å². The Kier molecular flexibility index (Phi) is 7.05. The van der Waals surface area contributed by atoms with Gasteiger partial charge < -0.3 is 15.2 Å². The number of hydrogen-bond donors (Lipinski definition) is 2. The van der Waals surface area contributed by atoms with E-state index in [4.69, 9.17) is 4.74 Å². The van der Waals surface area contributed by atoms with Crippen LogP contribution in [0.1, 0.15) is 17.5 Å². The highest BCUT2D eigenvalue weighted by Crippen LogP contribution is 2.10. The molecule has 4 nitrogen and oxygen atoms in total. The lowest BCUT2D eigenvalue weighted by Gasteiger charge is -2.23. The summed E-state index contributed by atoms with van der Waals surface area (Å²) in [4.78, 5) is 12.1. The van der Waals surface area contributed by atoms with E-state index >= 15 is 0 Å². The molecule has 0 bridgehead atoms. The van der Waals surface area contributed by atoms with Crippen molar-refractivity contribution in [2.45, 2.75) is 31.6 Å². The van der Waals surface area contributed by atoms with Gasteiger partial charge in [-0.05, 0) is 24.0 Å². The molecule has 0 aromatic heterocycles. The minimum atomic E-state index is -0.716. The first-order valence-corrected chi connectivity index (χ1v) is 7.99. The Bertz CT molecular complexity index is 628. The number of ether oxygens (including phenoxy) is 1. The van der Waals surface area contributed by atoms with E-state index < -0.39 is 18.2 Å². The maximum Gasteiger partial charge on any atom is 0.407 e. The molecule has 2 aromatic rings. The molecule has 1 amide bonds. The van der Waals surface area contributed by atoms with Crippen LogP contribution in [0.25, 0.3) is 0 Å². The lowest BCUT2D eigenvalue weighted by Crippen LogP contribution is -2.44. The smallest absolute Gasteiger partial charge is 0.407 e. The topological polar surface area (TPSA) is 58.6 Å². The first-order chi connectivity index (χ1) is 11.7. The normalized spacial score (nSPS) is 12.9. The third-order valence-corrected chi connectivity index (χ3v) is 3.69. The SMILES string of the molecule is C=CC[C@@H](O)[C@H](Cc1ccccc1)NC(=O)OCc1ccccc1. The van der Waals surface area contributed by atoms with Crippen molar-refractivity contribution in [1.29, 1.82) is 0 Å². The first kappa shape index (κ1) is 17.8. The van der Waals surface area contributed by atoms with Gasteiger partial charge in [0.1, 0.15) is 6.61 Å². The van der Waals surface area contributed by atoms with Crippen molar-refractivity contribution in [3.8, 4) is 0 Å². The zero-order valence-electron chi connectivity index (χ0n) is 13.6. The number of benzene rings is 2. The molecule has 0 aliphatic heterocycles. The average Bonchev–Trinajstić information content (AvgIpc) is 2.61. The predicted octanol–water partition coefficient (Wildman–Crippen LogP) is 3.46. The fourth-order valence-corrected chi connectivity index (χ4v) is 2.40. The molecule has 0 spiro atoms. The second kappa shape index (κ2) is 9.53. The van der Waals surface area contributed by atoms with E-state index in [1.54, 1.807) is 6.08 Å². The van der Waals surface area contributed by atoms with Crippen LogP contribution in [0.2, 0.25) is 0 Å². The van der Waals surface area contributed by atoms with E-state index in [2.05, 4.69) is 11.9 Å². The Morgan fingerprint density at radius 2 is 1.67 bits per heavy atom. The van der Waals surface area contributed by atoms with Crippen LogP contribution in [0.15, 0.2) is 73.3 Å². The molecule has 0 fully saturated rings. The fourth-order valence-electron chi connectivity index (χ4n) is 2.40. The summed E-state index contributed by atoms with van der Waals surface area (Å²) in [5.74, 6) is 0. The molecule has 0 heterocycles. The maximum absolute atomic E-state index is 12.1.